The number of halogens is 7. The van der Waals surface area contributed by atoms with E-state index in [9.17, 15) is 8.42 Å². The third kappa shape index (κ3) is 4.49. The molecule has 0 bridgehead atoms. The molecule has 91 valence electrons. The van der Waals surface area contributed by atoms with Gasteiger partial charge in [-0.2, -0.15) is 8.42 Å². The van der Waals surface area contributed by atoms with Crippen LogP contribution in [0.3, 0.4) is 0 Å². The Labute approximate surface area is 185 Å². The zero-order valence-electron chi connectivity index (χ0n) is 6.49. The van der Waals surface area contributed by atoms with Gasteiger partial charge in [0.1, 0.15) is 1.43 Å². The van der Waals surface area contributed by atoms with Gasteiger partial charge in [0.05, 0.1) is 7.11 Å². The number of alkyl halides is 7. The molecule has 0 unspecified atom stereocenters. The van der Waals surface area contributed by atoms with E-state index >= 15 is 0 Å². The van der Waals surface area contributed by atoms with E-state index in [4.69, 9.17) is 0 Å². The predicted octanol–water partition coefficient (Wildman–Crippen LogP) is 5.17. The summed E-state index contributed by atoms with van der Waals surface area (Å²) in [5.41, 5.74) is 0. The van der Waals surface area contributed by atoms with Gasteiger partial charge in [0, 0.05) is 0 Å². The van der Waals surface area contributed by atoms with Gasteiger partial charge in [-0.15, -0.1) is 0 Å². The Morgan fingerprint density at radius 1 is 0.933 bits per heavy atom. The lowest BCUT2D eigenvalue weighted by molar-refractivity contribution is 0.435. The molecule has 0 N–H and O–H groups in total. The summed E-state index contributed by atoms with van der Waals surface area (Å²) in [7, 11) is -0.698. The molecule has 0 aromatic carbocycles. The minimum atomic E-state index is -3.71. The molecule has 0 spiro atoms. The van der Waals surface area contributed by atoms with E-state index < -0.39 is 12.3 Å². The van der Waals surface area contributed by atoms with Crippen LogP contribution in [0.1, 0.15) is 0 Å². The first-order chi connectivity index (χ1) is 6.31. The van der Waals surface area contributed by atoms with Gasteiger partial charge in [0.15, 0.2) is -0.565 Å². The molecule has 0 aromatic rings. The molecule has 0 atom stereocenters. The Kier molecular flexibility index (Phi) is 9.15. The van der Waals surface area contributed by atoms with Crippen LogP contribution in [0.25, 0.3) is 0 Å². The number of rotatable bonds is 4. The van der Waals surface area contributed by atoms with E-state index in [2.05, 4.69) is 124 Å². The van der Waals surface area contributed by atoms with Crippen molar-refractivity contribution in [3.05, 3.63) is 7.11 Å². The molecular weight excluding hydrogens is 1020 g/mol. The molecular formula is C4H2I7O3S. The second kappa shape index (κ2) is 6.85. The summed E-state index contributed by atoms with van der Waals surface area (Å²) in [5.74, 6) is 0. The van der Waals surface area contributed by atoms with E-state index in [-0.39, 0.29) is -0.565 Å². The van der Waals surface area contributed by atoms with Crippen molar-refractivity contribution in [3.63, 3.8) is 0 Å². The van der Waals surface area contributed by atoms with Crippen LogP contribution in [-0.2, 0) is 14.3 Å². The molecule has 0 aliphatic heterocycles. The molecule has 15 heavy (non-hydrogen) atoms. The van der Waals surface area contributed by atoms with Crippen LogP contribution in [0.2, 0.25) is 0 Å². The van der Waals surface area contributed by atoms with E-state index in [1.165, 1.54) is 0 Å². The maximum Gasteiger partial charge on any atom is 0.294 e. The average Bonchev–Trinajstić information content (AvgIpc) is 2.01. The third-order valence-electron chi connectivity index (χ3n) is 1.19. The quantitative estimate of drug-likeness (QED) is 0.222. The van der Waals surface area contributed by atoms with Crippen molar-refractivity contribution in [2.75, 3.05) is 0 Å². The van der Waals surface area contributed by atoms with Crippen LogP contribution in [-0.4, -0.2) is 10.0 Å². The fraction of sp³-hybridized carbons (Fsp3) is 0.750. The maximum absolute atomic E-state index is 11.8. The standard InChI is InChI=1S/C4H2I7O3S/c1-14-15(12,13)4(10,11)2(5,6)3(7,8)9/h1H2. The summed E-state index contributed by atoms with van der Waals surface area (Å²) < 4.78 is 26.0. The van der Waals surface area contributed by atoms with Crippen molar-refractivity contribution >= 4 is 168 Å². The fourth-order valence-corrected chi connectivity index (χ4v) is 9.06. The minimum absolute atomic E-state index is 0.282. The molecule has 0 rings (SSSR count). The van der Waals surface area contributed by atoms with Gasteiger partial charge in [0.2, 0.25) is 0.760 Å². The highest BCUT2D eigenvalue weighted by atomic mass is 127. The second-order valence-corrected chi connectivity index (χ2v) is 27.0. The van der Waals surface area contributed by atoms with Crippen LogP contribution in [0.15, 0.2) is 0 Å². The summed E-state index contributed by atoms with van der Waals surface area (Å²) in [4.78, 5) is 0. The zero-order valence-corrected chi connectivity index (χ0v) is 22.4. The molecule has 0 fully saturated rings. The molecule has 0 saturated heterocycles. The van der Waals surface area contributed by atoms with Crippen molar-refractivity contribution in [2.24, 2.45) is 0 Å². The van der Waals surface area contributed by atoms with Crippen molar-refractivity contribution < 1.29 is 12.6 Å². The molecule has 0 saturated carbocycles. The SMILES string of the molecule is [CH2]OS(=O)(=O)C(I)(I)C(I)(I)C(I)(I)I. The summed E-state index contributed by atoms with van der Waals surface area (Å²) in [6, 6.07) is 0. The van der Waals surface area contributed by atoms with Crippen LogP contribution in [0, 0.1) is 7.11 Å². The van der Waals surface area contributed by atoms with Gasteiger partial charge in [-0.1, -0.05) is 113 Å². The molecule has 0 aliphatic rings. The van der Waals surface area contributed by atoms with E-state index in [1.807, 2.05) is 45.2 Å². The Balaban J connectivity index is 5.60. The van der Waals surface area contributed by atoms with Gasteiger partial charge in [-0.05, 0) is 45.2 Å². The smallest absolute Gasteiger partial charge is 0.266 e. The lowest BCUT2D eigenvalue weighted by Gasteiger charge is -2.38. The normalized spacial score (nSPS) is 15.5. The first-order valence-corrected chi connectivity index (χ1v) is 11.8. The summed E-state index contributed by atoms with van der Waals surface area (Å²) in [6.45, 7) is 0. The highest BCUT2D eigenvalue weighted by Crippen LogP contribution is 2.65. The third-order valence-corrected chi connectivity index (χ3v) is 24.0. The second-order valence-electron chi connectivity index (χ2n) is 2.16. The lowest BCUT2D eigenvalue weighted by Crippen LogP contribution is -2.48. The van der Waals surface area contributed by atoms with Crippen LogP contribution < -0.4 is 0 Å². The zero-order chi connectivity index (χ0) is 12.7. The van der Waals surface area contributed by atoms with Gasteiger partial charge >= 0.3 is 0 Å². The molecule has 0 amide bonds. The number of hydrogen-bond donors (Lipinski definition) is 0. The highest BCUT2D eigenvalue weighted by molar-refractivity contribution is 14.3. The van der Waals surface area contributed by atoms with Crippen LogP contribution in [0.4, 0.5) is 0 Å². The highest BCUT2D eigenvalue weighted by Gasteiger charge is 2.63. The minimum Gasteiger partial charge on any atom is -0.266 e. The Morgan fingerprint density at radius 2 is 1.27 bits per heavy atom. The van der Waals surface area contributed by atoms with Crippen molar-refractivity contribution in [3.8, 4) is 0 Å². The van der Waals surface area contributed by atoms with Crippen molar-refractivity contribution in [1.29, 1.82) is 0 Å². The Hall–Kier alpha value is 5.02. The van der Waals surface area contributed by atoms with Crippen LogP contribution >= 0.6 is 158 Å². The topological polar surface area (TPSA) is 43.4 Å². The molecule has 0 aromatic heterocycles. The maximum atomic E-state index is 11.8. The van der Waals surface area contributed by atoms with Gasteiger partial charge in [0.25, 0.3) is 10.1 Å². The largest absolute Gasteiger partial charge is 0.294 e. The fourth-order valence-electron chi connectivity index (χ4n) is 0.396. The summed E-state index contributed by atoms with van der Waals surface area (Å²) >= 11 is 14.7. The first-order valence-electron chi connectivity index (χ1n) is 2.82. The van der Waals surface area contributed by atoms with E-state index in [0.29, 0.717) is 0 Å². The van der Waals surface area contributed by atoms with Crippen molar-refractivity contribution in [1.82, 2.24) is 0 Å². The van der Waals surface area contributed by atoms with E-state index in [1.54, 1.807) is 0 Å². The summed E-state index contributed by atoms with van der Waals surface area (Å²) in [5, 5.41) is 0. The predicted molar refractivity (Wildman–Crippen MR) is 122 cm³/mol. The molecule has 11 heteroatoms. The van der Waals surface area contributed by atoms with E-state index in [0.717, 1.165) is 0 Å². The number of hydrogen-bond acceptors (Lipinski definition) is 3. The van der Waals surface area contributed by atoms with Gasteiger partial charge in [-0.25, -0.2) is 0 Å². The molecule has 3 nitrogen and oxygen atoms in total. The van der Waals surface area contributed by atoms with Crippen molar-refractivity contribution in [2.45, 2.75) is 1.62 Å². The summed E-state index contributed by atoms with van der Waals surface area (Å²) in [6.07, 6.45) is 0. The Bertz CT molecular complexity index is 329. The molecule has 0 heterocycles. The average molecular weight is 1020 g/mol. The first kappa shape index (κ1) is 20.0. The molecule has 1 radical (unpaired) electrons. The Morgan fingerprint density at radius 3 is 1.47 bits per heavy atom. The lowest BCUT2D eigenvalue weighted by atomic mass is 10.6. The monoisotopic (exact) mass is 1020 g/mol. The molecule has 0 aliphatic carbocycles. The van der Waals surface area contributed by atoms with Gasteiger partial charge < -0.3 is 0 Å². The van der Waals surface area contributed by atoms with Gasteiger partial charge in [-0.3, -0.25) is 4.18 Å². The van der Waals surface area contributed by atoms with Crippen LogP contribution in [0.5, 0.6) is 0 Å².